The number of hydrogen-bond acceptors (Lipinski definition) is 6. The molecule has 0 saturated carbocycles. The maximum atomic E-state index is 12.3. The Bertz CT molecular complexity index is 1060. The van der Waals surface area contributed by atoms with E-state index in [-0.39, 0.29) is 23.6 Å². The lowest BCUT2D eigenvalue weighted by Crippen LogP contribution is -2.13. The zero-order chi connectivity index (χ0) is 21.5. The maximum Gasteiger partial charge on any atom is 0.270 e. The third-order valence-electron chi connectivity index (χ3n) is 4.21. The Balaban J connectivity index is 1.56. The number of amides is 1. The van der Waals surface area contributed by atoms with Crippen LogP contribution in [0.4, 0.5) is 11.4 Å². The Hall–Kier alpha value is -4.20. The van der Waals surface area contributed by atoms with Crippen molar-refractivity contribution in [2.45, 2.75) is 0 Å². The van der Waals surface area contributed by atoms with E-state index in [0.717, 1.165) is 0 Å². The minimum atomic E-state index is -0.559. The van der Waals surface area contributed by atoms with Crippen LogP contribution in [0.2, 0.25) is 0 Å². The van der Waals surface area contributed by atoms with E-state index in [9.17, 15) is 19.7 Å². The maximum absolute atomic E-state index is 12.3. The van der Waals surface area contributed by atoms with Gasteiger partial charge in [0.1, 0.15) is 11.5 Å². The SMILES string of the molecule is COc1ccc(C(=O)COc2ccc(NC(=O)c3cccc([N+](=O)[O-])c3)cc2)cc1. The van der Waals surface area contributed by atoms with Crippen LogP contribution in [0.15, 0.2) is 72.8 Å². The Labute approximate surface area is 172 Å². The van der Waals surface area contributed by atoms with Crippen molar-refractivity contribution in [1.82, 2.24) is 0 Å². The molecule has 30 heavy (non-hydrogen) atoms. The number of ketones is 1. The van der Waals surface area contributed by atoms with E-state index in [1.165, 1.54) is 24.3 Å². The van der Waals surface area contributed by atoms with Gasteiger partial charge < -0.3 is 14.8 Å². The number of carbonyl (C=O) groups is 2. The molecular weight excluding hydrogens is 388 g/mol. The Kier molecular flexibility index (Phi) is 6.39. The van der Waals surface area contributed by atoms with E-state index < -0.39 is 10.8 Å². The summed E-state index contributed by atoms with van der Waals surface area (Å²) in [7, 11) is 1.55. The number of carbonyl (C=O) groups excluding carboxylic acids is 2. The first kappa shape index (κ1) is 20.5. The van der Waals surface area contributed by atoms with Gasteiger partial charge in [0.25, 0.3) is 11.6 Å². The molecule has 0 atom stereocenters. The van der Waals surface area contributed by atoms with E-state index in [2.05, 4.69) is 5.32 Å². The fraction of sp³-hybridized carbons (Fsp3) is 0.0909. The zero-order valence-electron chi connectivity index (χ0n) is 16.0. The first-order valence-corrected chi connectivity index (χ1v) is 8.92. The molecule has 1 N–H and O–H groups in total. The first-order chi connectivity index (χ1) is 14.5. The Morgan fingerprint density at radius 3 is 2.23 bits per heavy atom. The molecule has 8 heteroatoms. The summed E-state index contributed by atoms with van der Waals surface area (Å²) >= 11 is 0. The molecule has 0 aromatic heterocycles. The van der Waals surface area contributed by atoms with Crippen molar-refractivity contribution >= 4 is 23.1 Å². The van der Waals surface area contributed by atoms with Gasteiger partial charge in [0.05, 0.1) is 12.0 Å². The van der Waals surface area contributed by atoms with Gasteiger partial charge in [0, 0.05) is 28.9 Å². The van der Waals surface area contributed by atoms with Gasteiger partial charge in [-0.3, -0.25) is 19.7 Å². The van der Waals surface area contributed by atoms with Crippen molar-refractivity contribution in [2.75, 3.05) is 19.0 Å². The molecule has 0 fully saturated rings. The summed E-state index contributed by atoms with van der Waals surface area (Å²) in [6.07, 6.45) is 0. The predicted molar refractivity (Wildman–Crippen MR) is 110 cm³/mol. The second kappa shape index (κ2) is 9.33. The van der Waals surface area contributed by atoms with Crippen LogP contribution >= 0.6 is 0 Å². The molecule has 0 saturated heterocycles. The number of Topliss-reactive ketones (excluding diaryl/α,β-unsaturated/α-hetero) is 1. The van der Waals surface area contributed by atoms with Gasteiger partial charge in [0.15, 0.2) is 12.4 Å². The van der Waals surface area contributed by atoms with E-state index in [0.29, 0.717) is 22.7 Å². The number of hydrogen-bond donors (Lipinski definition) is 1. The van der Waals surface area contributed by atoms with E-state index >= 15 is 0 Å². The normalized spacial score (nSPS) is 10.2. The standard InChI is InChI=1S/C22H18N2O6/c1-29-19-9-5-15(6-10-19)21(25)14-30-20-11-7-17(8-12-20)23-22(26)16-3-2-4-18(13-16)24(27)28/h2-13H,14H2,1H3,(H,23,26). The summed E-state index contributed by atoms with van der Waals surface area (Å²) < 4.78 is 10.6. The van der Waals surface area contributed by atoms with Crippen LogP contribution in [0, 0.1) is 10.1 Å². The molecule has 0 spiro atoms. The summed E-state index contributed by atoms with van der Waals surface area (Å²) in [5, 5.41) is 13.5. The number of anilines is 1. The highest BCUT2D eigenvalue weighted by atomic mass is 16.6. The average Bonchev–Trinajstić information content (AvgIpc) is 2.78. The van der Waals surface area contributed by atoms with Gasteiger partial charge in [-0.25, -0.2) is 0 Å². The highest BCUT2D eigenvalue weighted by Gasteiger charge is 2.12. The summed E-state index contributed by atoms with van der Waals surface area (Å²) in [6.45, 7) is -0.133. The van der Waals surface area contributed by atoms with Crippen molar-refractivity contribution in [3.63, 3.8) is 0 Å². The van der Waals surface area contributed by atoms with E-state index in [4.69, 9.17) is 9.47 Å². The summed E-state index contributed by atoms with van der Waals surface area (Å²) in [6, 6.07) is 18.6. The average molecular weight is 406 g/mol. The molecule has 0 aliphatic rings. The largest absolute Gasteiger partial charge is 0.497 e. The molecule has 1 amide bonds. The van der Waals surface area contributed by atoms with Gasteiger partial charge in [-0.05, 0) is 54.6 Å². The summed E-state index contributed by atoms with van der Waals surface area (Å²) in [4.78, 5) is 34.7. The Morgan fingerprint density at radius 2 is 1.60 bits per heavy atom. The molecule has 8 nitrogen and oxygen atoms in total. The number of non-ortho nitro benzene ring substituents is 1. The molecule has 0 unspecified atom stereocenters. The molecule has 0 aliphatic heterocycles. The number of nitrogens with zero attached hydrogens (tertiary/aromatic N) is 1. The van der Waals surface area contributed by atoms with Gasteiger partial charge >= 0.3 is 0 Å². The fourth-order valence-corrected chi connectivity index (χ4v) is 2.61. The molecule has 0 heterocycles. The van der Waals surface area contributed by atoms with Crippen LogP contribution in [-0.2, 0) is 0 Å². The molecular formula is C22H18N2O6. The van der Waals surface area contributed by atoms with Crippen LogP contribution in [0.1, 0.15) is 20.7 Å². The van der Waals surface area contributed by atoms with Gasteiger partial charge in [-0.15, -0.1) is 0 Å². The molecule has 3 rings (SSSR count). The van der Waals surface area contributed by atoms with Crippen molar-refractivity contribution in [2.24, 2.45) is 0 Å². The number of methoxy groups -OCH3 is 1. The lowest BCUT2D eigenvalue weighted by molar-refractivity contribution is -0.384. The second-order valence-corrected chi connectivity index (χ2v) is 6.23. The topological polar surface area (TPSA) is 108 Å². The second-order valence-electron chi connectivity index (χ2n) is 6.23. The minimum Gasteiger partial charge on any atom is -0.497 e. The highest BCUT2D eigenvalue weighted by molar-refractivity contribution is 6.04. The summed E-state index contributed by atoms with van der Waals surface area (Å²) in [5.41, 5.74) is 1.01. The number of nitro benzene ring substituents is 1. The third kappa shape index (κ3) is 5.20. The number of nitro groups is 1. The van der Waals surface area contributed by atoms with Crippen LogP contribution in [0.5, 0.6) is 11.5 Å². The molecule has 0 radical (unpaired) electrons. The van der Waals surface area contributed by atoms with Crippen molar-refractivity contribution < 1.29 is 24.0 Å². The van der Waals surface area contributed by atoms with E-state index in [1.54, 1.807) is 55.6 Å². The van der Waals surface area contributed by atoms with Crippen LogP contribution in [0.3, 0.4) is 0 Å². The van der Waals surface area contributed by atoms with Crippen LogP contribution in [-0.4, -0.2) is 30.3 Å². The van der Waals surface area contributed by atoms with Crippen molar-refractivity contribution in [3.05, 3.63) is 94.0 Å². The molecule has 152 valence electrons. The van der Waals surface area contributed by atoms with Crippen molar-refractivity contribution in [3.8, 4) is 11.5 Å². The minimum absolute atomic E-state index is 0.133. The van der Waals surface area contributed by atoms with Gasteiger partial charge in [-0.2, -0.15) is 0 Å². The smallest absolute Gasteiger partial charge is 0.270 e. The number of ether oxygens (including phenoxy) is 2. The van der Waals surface area contributed by atoms with Crippen LogP contribution < -0.4 is 14.8 Å². The zero-order valence-corrected chi connectivity index (χ0v) is 16.0. The lowest BCUT2D eigenvalue weighted by atomic mass is 10.1. The van der Waals surface area contributed by atoms with Crippen molar-refractivity contribution in [1.29, 1.82) is 0 Å². The monoisotopic (exact) mass is 406 g/mol. The van der Waals surface area contributed by atoms with Gasteiger partial charge in [0.2, 0.25) is 0 Å². The van der Waals surface area contributed by atoms with Gasteiger partial charge in [-0.1, -0.05) is 6.07 Å². The first-order valence-electron chi connectivity index (χ1n) is 8.92. The number of rotatable bonds is 8. The quantitative estimate of drug-likeness (QED) is 0.343. The molecule has 0 aliphatic carbocycles. The molecule has 3 aromatic rings. The fourth-order valence-electron chi connectivity index (χ4n) is 2.61. The Morgan fingerprint density at radius 1 is 0.933 bits per heavy atom. The predicted octanol–water partition coefficient (Wildman–Crippen LogP) is 4.12. The highest BCUT2D eigenvalue weighted by Crippen LogP contribution is 2.19. The van der Waals surface area contributed by atoms with Crippen LogP contribution in [0.25, 0.3) is 0 Å². The molecule has 3 aromatic carbocycles. The number of nitrogens with one attached hydrogen (secondary N) is 1. The summed E-state index contributed by atoms with van der Waals surface area (Å²) in [5.74, 6) is 0.475. The lowest BCUT2D eigenvalue weighted by Gasteiger charge is -2.08. The third-order valence-corrected chi connectivity index (χ3v) is 4.21. The number of benzene rings is 3. The molecule has 0 bridgehead atoms. The van der Waals surface area contributed by atoms with E-state index in [1.807, 2.05) is 0 Å².